The lowest BCUT2D eigenvalue weighted by Crippen LogP contribution is -2.49. The summed E-state index contributed by atoms with van der Waals surface area (Å²) in [6, 6.07) is 10.1. The van der Waals surface area contributed by atoms with E-state index >= 15 is 0 Å². The van der Waals surface area contributed by atoms with E-state index in [1.807, 2.05) is 46.7 Å². The van der Waals surface area contributed by atoms with Gasteiger partial charge in [0, 0.05) is 45.0 Å². The Bertz CT molecular complexity index is 1110. The molecule has 4 heterocycles. The molecule has 0 aliphatic carbocycles. The van der Waals surface area contributed by atoms with Crippen LogP contribution in [0.15, 0.2) is 42.7 Å². The first-order valence-electron chi connectivity index (χ1n) is 10.00. The zero-order valence-electron chi connectivity index (χ0n) is 16.4. The molecule has 2 aliphatic heterocycles. The first-order valence-corrected chi connectivity index (χ1v) is 10.00. The van der Waals surface area contributed by atoms with Gasteiger partial charge in [-0.3, -0.25) is 9.59 Å². The number of hydrogen-bond acceptors (Lipinski definition) is 4. The lowest BCUT2D eigenvalue weighted by atomic mass is 10.0. The summed E-state index contributed by atoms with van der Waals surface area (Å²) in [7, 11) is 0. The van der Waals surface area contributed by atoms with Crippen molar-refractivity contribution in [3.63, 3.8) is 0 Å². The largest absolute Gasteiger partial charge is 0.366 e. The average Bonchev–Trinajstić information content (AvgIpc) is 3.16. The number of imidazole rings is 1. The summed E-state index contributed by atoms with van der Waals surface area (Å²) in [5, 5.41) is 3.03. The summed E-state index contributed by atoms with van der Waals surface area (Å²) in [5.41, 5.74) is 5.55. The van der Waals surface area contributed by atoms with Crippen molar-refractivity contribution in [3.05, 3.63) is 59.5 Å². The van der Waals surface area contributed by atoms with Crippen LogP contribution >= 0.6 is 0 Å². The number of rotatable bonds is 2. The van der Waals surface area contributed by atoms with Gasteiger partial charge in [0.1, 0.15) is 11.3 Å². The molecule has 2 aliphatic rings. The van der Waals surface area contributed by atoms with Gasteiger partial charge in [0.15, 0.2) is 0 Å². The molecule has 0 unspecified atom stereocenters. The topological polar surface area (TPSA) is 70.0 Å². The van der Waals surface area contributed by atoms with E-state index in [1.165, 1.54) is 5.56 Å². The number of hydrogen-bond donors (Lipinski definition) is 1. The van der Waals surface area contributed by atoms with Gasteiger partial charge in [-0.2, -0.15) is 0 Å². The molecule has 0 spiro atoms. The van der Waals surface area contributed by atoms with Crippen LogP contribution < -0.4 is 10.2 Å². The number of aromatic nitrogens is 2. The Hall–Kier alpha value is -3.35. The van der Waals surface area contributed by atoms with Crippen molar-refractivity contribution in [1.82, 2.24) is 14.3 Å². The molecule has 2 aromatic heterocycles. The molecule has 5 rings (SSSR count). The number of aryl methyl sites for hydroxylation is 2. The molecule has 1 saturated heterocycles. The van der Waals surface area contributed by atoms with Crippen LogP contribution in [0.4, 0.5) is 11.4 Å². The van der Waals surface area contributed by atoms with Crippen molar-refractivity contribution in [2.45, 2.75) is 19.8 Å². The van der Waals surface area contributed by atoms with E-state index in [9.17, 15) is 9.59 Å². The fourth-order valence-corrected chi connectivity index (χ4v) is 4.15. The van der Waals surface area contributed by atoms with E-state index in [2.05, 4.69) is 21.3 Å². The van der Waals surface area contributed by atoms with Crippen LogP contribution in [0.25, 0.3) is 5.65 Å². The monoisotopic (exact) mass is 389 g/mol. The van der Waals surface area contributed by atoms with Gasteiger partial charge in [-0.05, 0) is 42.7 Å². The average molecular weight is 389 g/mol. The summed E-state index contributed by atoms with van der Waals surface area (Å²) in [5.74, 6) is 0.0373. The van der Waals surface area contributed by atoms with E-state index in [-0.39, 0.29) is 11.8 Å². The fraction of sp³-hybridized carbons (Fsp3) is 0.318. The second kappa shape index (κ2) is 6.92. The number of piperazine rings is 1. The number of nitrogens with zero attached hydrogens (tertiary/aromatic N) is 4. The van der Waals surface area contributed by atoms with Gasteiger partial charge in [0.05, 0.1) is 11.4 Å². The van der Waals surface area contributed by atoms with Crippen LogP contribution in [-0.4, -0.2) is 52.3 Å². The van der Waals surface area contributed by atoms with Crippen LogP contribution in [0.3, 0.4) is 0 Å². The summed E-state index contributed by atoms with van der Waals surface area (Å²) < 4.78 is 1.88. The number of benzene rings is 1. The molecule has 1 fully saturated rings. The first kappa shape index (κ1) is 17.7. The maximum absolute atomic E-state index is 12.9. The number of anilines is 2. The molecule has 0 atom stereocenters. The SMILES string of the molecule is Cc1ccn2cc(C(=O)N3CCN(c4cccc5c4NC(=O)CC5)CC3)nc2c1. The number of amides is 2. The second-order valence-corrected chi connectivity index (χ2v) is 7.73. The maximum Gasteiger partial charge on any atom is 0.274 e. The molecule has 3 aromatic rings. The van der Waals surface area contributed by atoms with Crippen molar-refractivity contribution in [2.24, 2.45) is 0 Å². The first-order chi connectivity index (χ1) is 14.1. The van der Waals surface area contributed by atoms with Crippen LogP contribution in [0.1, 0.15) is 28.0 Å². The lowest BCUT2D eigenvalue weighted by molar-refractivity contribution is -0.116. The van der Waals surface area contributed by atoms with E-state index < -0.39 is 0 Å². The third-order valence-corrected chi connectivity index (χ3v) is 5.76. The molecule has 1 N–H and O–H groups in total. The molecular weight excluding hydrogens is 366 g/mol. The van der Waals surface area contributed by atoms with Crippen LogP contribution in [0.2, 0.25) is 0 Å². The summed E-state index contributed by atoms with van der Waals surface area (Å²) in [6.45, 7) is 4.72. The molecule has 1 aromatic carbocycles. The Morgan fingerprint density at radius 2 is 1.93 bits per heavy atom. The molecular formula is C22H23N5O2. The van der Waals surface area contributed by atoms with E-state index in [1.54, 1.807) is 6.20 Å². The number of nitrogens with one attached hydrogen (secondary N) is 1. The Morgan fingerprint density at radius 3 is 2.76 bits per heavy atom. The van der Waals surface area contributed by atoms with Gasteiger partial charge in [-0.1, -0.05) is 12.1 Å². The molecule has 2 amide bonds. The maximum atomic E-state index is 12.9. The van der Waals surface area contributed by atoms with Crippen molar-refractivity contribution < 1.29 is 9.59 Å². The van der Waals surface area contributed by atoms with E-state index in [4.69, 9.17) is 0 Å². The predicted octanol–water partition coefficient (Wildman–Crippen LogP) is 2.49. The highest BCUT2D eigenvalue weighted by atomic mass is 16.2. The van der Waals surface area contributed by atoms with Crippen LogP contribution in [0, 0.1) is 6.92 Å². The summed E-state index contributed by atoms with van der Waals surface area (Å²) in [4.78, 5) is 33.4. The fourth-order valence-electron chi connectivity index (χ4n) is 4.15. The zero-order chi connectivity index (χ0) is 20.0. The standard InChI is InChI=1S/C22H23N5O2/c1-15-7-8-27-14-17(23-19(27)13-15)22(29)26-11-9-25(10-12-26)18-4-2-3-16-5-6-20(28)24-21(16)18/h2-4,7-8,13-14H,5-6,9-12H2,1H3,(H,24,28). The third-order valence-electron chi connectivity index (χ3n) is 5.76. The van der Waals surface area contributed by atoms with Crippen LogP contribution in [0.5, 0.6) is 0 Å². The van der Waals surface area contributed by atoms with Crippen LogP contribution in [-0.2, 0) is 11.2 Å². The number of fused-ring (bicyclic) bond motifs is 2. The Kier molecular flexibility index (Phi) is 4.23. The highest BCUT2D eigenvalue weighted by Crippen LogP contribution is 2.33. The molecule has 7 nitrogen and oxygen atoms in total. The smallest absolute Gasteiger partial charge is 0.274 e. The van der Waals surface area contributed by atoms with E-state index in [0.29, 0.717) is 25.2 Å². The van der Waals surface area contributed by atoms with Crippen molar-refractivity contribution in [2.75, 3.05) is 36.4 Å². The zero-order valence-corrected chi connectivity index (χ0v) is 16.4. The van der Waals surface area contributed by atoms with Gasteiger partial charge < -0.3 is 19.5 Å². The summed E-state index contributed by atoms with van der Waals surface area (Å²) >= 11 is 0. The molecule has 0 radical (unpaired) electrons. The third kappa shape index (κ3) is 3.22. The minimum absolute atomic E-state index is 0.0330. The van der Waals surface area contributed by atoms with Gasteiger partial charge in [-0.15, -0.1) is 0 Å². The molecule has 0 bridgehead atoms. The van der Waals surface area contributed by atoms with E-state index in [0.717, 1.165) is 42.1 Å². The molecule has 7 heteroatoms. The number of carbonyl (C=O) groups excluding carboxylic acids is 2. The minimum atomic E-state index is -0.0330. The summed E-state index contributed by atoms with van der Waals surface area (Å²) in [6.07, 6.45) is 5.05. The number of carbonyl (C=O) groups is 2. The lowest BCUT2D eigenvalue weighted by Gasteiger charge is -2.37. The predicted molar refractivity (Wildman–Crippen MR) is 111 cm³/mol. The number of para-hydroxylation sites is 1. The minimum Gasteiger partial charge on any atom is -0.366 e. The quantitative estimate of drug-likeness (QED) is 0.731. The van der Waals surface area contributed by atoms with Crippen molar-refractivity contribution >= 4 is 28.8 Å². The second-order valence-electron chi connectivity index (χ2n) is 7.73. The van der Waals surface area contributed by atoms with Gasteiger partial charge in [-0.25, -0.2) is 4.98 Å². The van der Waals surface area contributed by atoms with Crippen molar-refractivity contribution in [3.8, 4) is 0 Å². The van der Waals surface area contributed by atoms with Gasteiger partial charge in [0.25, 0.3) is 5.91 Å². The highest BCUT2D eigenvalue weighted by Gasteiger charge is 2.27. The molecule has 29 heavy (non-hydrogen) atoms. The normalized spacial score (nSPS) is 16.7. The van der Waals surface area contributed by atoms with Crippen molar-refractivity contribution in [1.29, 1.82) is 0 Å². The Labute approximate surface area is 168 Å². The van der Waals surface area contributed by atoms with Gasteiger partial charge in [0.2, 0.25) is 5.91 Å². The molecule has 148 valence electrons. The highest BCUT2D eigenvalue weighted by molar-refractivity contribution is 5.98. The van der Waals surface area contributed by atoms with Gasteiger partial charge >= 0.3 is 0 Å². The molecule has 0 saturated carbocycles. The number of pyridine rings is 1. The Morgan fingerprint density at radius 1 is 1.10 bits per heavy atom. The Balaban J connectivity index is 1.31.